The predicted molar refractivity (Wildman–Crippen MR) is 247 cm³/mol. The van der Waals surface area contributed by atoms with Crippen molar-refractivity contribution in [3.8, 4) is 55.9 Å². The maximum Gasteiger partial charge on any atom is 0.213 e. The van der Waals surface area contributed by atoms with Gasteiger partial charge in [0.1, 0.15) is 5.58 Å². The van der Waals surface area contributed by atoms with E-state index in [1.807, 2.05) is 6.07 Å². The van der Waals surface area contributed by atoms with E-state index in [1.54, 1.807) is 0 Å². The van der Waals surface area contributed by atoms with Crippen molar-refractivity contribution < 1.29 is 4.42 Å². The van der Waals surface area contributed by atoms with Crippen LogP contribution in [0.25, 0.3) is 111 Å². The second kappa shape index (κ2) is 13.4. The Hall–Kier alpha value is -7.88. The van der Waals surface area contributed by atoms with Crippen LogP contribution in [0.1, 0.15) is 0 Å². The molecular weight excluding hydrogens is 717 g/mol. The minimum Gasteiger partial charge on any atom is -0.439 e. The number of fused-ring (bicyclic) bond motifs is 8. The smallest absolute Gasteiger partial charge is 0.213 e. The molecule has 0 bridgehead atoms. The van der Waals surface area contributed by atoms with Gasteiger partial charge in [-0.15, -0.1) is 0 Å². The fraction of sp³-hybridized carbons (Fsp3) is 0. The number of para-hydroxylation sites is 2. The van der Waals surface area contributed by atoms with Crippen LogP contribution in [-0.2, 0) is 0 Å². The van der Waals surface area contributed by atoms with Crippen LogP contribution >= 0.6 is 0 Å². The Balaban J connectivity index is 0.939. The van der Waals surface area contributed by atoms with Gasteiger partial charge in [0, 0.05) is 32.9 Å². The molecule has 3 nitrogen and oxygen atoms in total. The summed E-state index contributed by atoms with van der Waals surface area (Å²) < 4.78 is 11.3. The summed E-state index contributed by atoms with van der Waals surface area (Å²) >= 11 is 0. The van der Waals surface area contributed by atoms with Gasteiger partial charge in [-0.25, -0.2) is 0 Å². The highest BCUT2D eigenvalue weighted by Crippen LogP contribution is 2.41. The summed E-state index contributed by atoms with van der Waals surface area (Å²) in [6.45, 7) is 0. The molecule has 0 saturated heterocycles. The summed E-state index contributed by atoms with van der Waals surface area (Å²) in [5, 5.41) is 5.94. The van der Waals surface area contributed by atoms with Crippen LogP contribution in [-0.4, -0.2) is 9.13 Å². The lowest BCUT2D eigenvalue weighted by Crippen LogP contribution is -1.94. The Labute approximate surface area is 341 Å². The first kappa shape index (κ1) is 33.3. The van der Waals surface area contributed by atoms with Crippen molar-refractivity contribution in [3.63, 3.8) is 0 Å². The van der Waals surface area contributed by atoms with Gasteiger partial charge in [0.15, 0.2) is 0 Å². The van der Waals surface area contributed by atoms with Crippen molar-refractivity contribution in [1.29, 1.82) is 0 Å². The molecular formula is C56H36N2O. The van der Waals surface area contributed by atoms with E-state index in [9.17, 15) is 0 Å². The molecule has 12 aromatic rings. The molecule has 0 N–H and O–H groups in total. The molecule has 0 spiro atoms. The predicted octanol–water partition coefficient (Wildman–Crippen LogP) is 15.3. The molecule has 0 radical (unpaired) electrons. The summed E-state index contributed by atoms with van der Waals surface area (Å²) in [6.07, 6.45) is 0. The van der Waals surface area contributed by atoms with Crippen molar-refractivity contribution >= 4 is 54.8 Å². The van der Waals surface area contributed by atoms with E-state index in [0.717, 1.165) is 44.5 Å². The molecule has 0 amide bonds. The van der Waals surface area contributed by atoms with Gasteiger partial charge in [0.2, 0.25) is 5.71 Å². The molecule has 9 aromatic carbocycles. The molecule has 276 valence electrons. The second-order valence-electron chi connectivity index (χ2n) is 15.3. The highest BCUT2D eigenvalue weighted by molar-refractivity contribution is 6.20. The van der Waals surface area contributed by atoms with Gasteiger partial charge < -0.3 is 8.98 Å². The van der Waals surface area contributed by atoms with Crippen LogP contribution in [0.2, 0.25) is 0 Å². The summed E-state index contributed by atoms with van der Waals surface area (Å²) in [4.78, 5) is 0. The number of benzene rings is 9. The number of rotatable bonds is 6. The third kappa shape index (κ3) is 5.44. The standard InChI is InChI=1S/C56H36N2O/c1-4-13-37(14-5-1)42-27-30-52-48(34-42)49-35-43(38-15-6-2-7-16-38)28-31-53(49)57(52)46-20-12-17-41(33-46)39-23-25-40(26-24-39)44-29-32-54-50(36-44)55-47-21-10-11-22-51(47)58(56(55)59-54)45-18-8-3-9-19-45/h1-36H. The zero-order chi connectivity index (χ0) is 38.9. The van der Waals surface area contributed by atoms with Crippen LogP contribution < -0.4 is 0 Å². The summed E-state index contributed by atoms with van der Waals surface area (Å²) in [7, 11) is 0. The molecule has 0 fully saturated rings. The van der Waals surface area contributed by atoms with Gasteiger partial charge >= 0.3 is 0 Å². The average Bonchev–Trinajstić information content (AvgIpc) is 3.96. The van der Waals surface area contributed by atoms with Gasteiger partial charge in [0.05, 0.1) is 21.9 Å². The lowest BCUT2D eigenvalue weighted by Gasteiger charge is -2.11. The van der Waals surface area contributed by atoms with E-state index in [1.165, 1.54) is 66.1 Å². The molecule has 0 aliphatic carbocycles. The number of aromatic nitrogens is 2. The van der Waals surface area contributed by atoms with Gasteiger partial charge in [0.25, 0.3) is 0 Å². The largest absolute Gasteiger partial charge is 0.439 e. The van der Waals surface area contributed by atoms with Crippen molar-refractivity contribution in [3.05, 3.63) is 218 Å². The van der Waals surface area contributed by atoms with Crippen molar-refractivity contribution in [2.75, 3.05) is 0 Å². The zero-order valence-electron chi connectivity index (χ0n) is 32.1. The van der Waals surface area contributed by atoms with Gasteiger partial charge in [-0.3, -0.25) is 4.57 Å². The summed E-state index contributed by atoms with van der Waals surface area (Å²) in [5.41, 5.74) is 17.0. The molecule has 0 aliphatic rings. The Bertz CT molecular complexity index is 3420. The Morgan fingerprint density at radius 3 is 1.34 bits per heavy atom. The number of furan rings is 1. The second-order valence-corrected chi connectivity index (χ2v) is 15.3. The number of nitrogens with zero attached hydrogens (tertiary/aromatic N) is 2. The quantitative estimate of drug-likeness (QED) is 0.166. The first-order valence-corrected chi connectivity index (χ1v) is 20.2. The molecule has 0 aliphatic heterocycles. The monoisotopic (exact) mass is 752 g/mol. The van der Waals surface area contributed by atoms with Crippen LogP contribution in [0.15, 0.2) is 223 Å². The van der Waals surface area contributed by atoms with E-state index >= 15 is 0 Å². The Morgan fingerprint density at radius 2 is 0.712 bits per heavy atom. The molecule has 0 saturated carbocycles. The third-order valence-corrected chi connectivity index (χ3v) is 11.9. The number of hydrogen-bond donors (Lipinski definition) is 0. The Kier molecular flexibility index (Phi) is 7.54. The first-order chi connectivity index (χ1) is 29.2. The summed E-state index contributed by atoms with van der Waals surface area (Å²) in [5.74, 6) is 0. The van der Waals surface area contributed by atoms with E-state index in [0.29, 0.717) is 0 Å². The zero-order valence-corrected chi connectivity index (χ0v) is 32.1. The molecule has 3 heteroatoms. The maximum atomic E-state index is 6.60. The molecule has 0 unspecified atom stereocenters. The lowest BCUT2D eigenvalue weighted by molar-refractivity contribution is 0.645. The van der Waals surface area contributed by atoms with Crippen LogP contribution in [0.3, 0.4) is 0 Å². The maximum absolute atomic E-state index is 6.60. The average molecular weight is 753 g/mol. The van der Waals surface area contributed by atoms with Crippen molar-refractivity contribution in [2.45, 2.75) is 0 Å². The molecule has 3 aromatic heterocycles. The van der Waals surface area contributed by atoms with E-state index in [-0.39, 0.29) is 0 Å². The topological polar surface area (TPSA) is 23.0 Å². The fourth-order valence-corrected chi connectivity index (χ4v) is 9.11. The van der Waals surface area contributed by atoms with E-state index < -0.39 is 0 Å². The van der Waals surface area contributed by atoms with Crippen LogP contribution in [0.5, 0.6) is 0 Å². The van der Waals surface area contributed by atoms with Crippen molar-refractivity contribution in [1.82, 2.24) is 9.13 Å². The SMILES string of the molecule is c1ccc(-c2ccc3c(c2)c2cc(-c4ccccc4)ccc2n3-c2cccc(-c3ccc(-c4ccc5oc6c(c5c4)c4ccccc4n6-c4ccccc4)cc3)c2)cc1. The normalized spacial score (nSPS) is 11.7. The molecule has 3 heterocycles. The molecule has 0 atom stereocenters. The minimum atomic E-state index is 0.872. The van der Waals surface area contributed by atoms with Crippen LogP contribution in [0, 0.1) is 0 Å². The van der Waals surface area contributed by atoms with Crippen molar-refractivity contribution in [2.24, 2.45) is 0 Å². The van der Waals surface area contributed by atoms with Crippen LogP contribution in [0.4, 0.5) is 0 Å². The lowest BCUT2D eigenvalue weighted by atomic mass is 9.98. The van der Waals surface area contributed by atoms with E-state index in [4.69, 9.17) is 4.42 Å². The Morgan fingerprint density at radius 1 is 0.271 bits per heavy atom. The van der Waals surface area contributed by atoms with E-state index in [2.05, 4.69) is 221 Å². The first-order valence-electron chi connectivity index (χ1n) is 20.2. The molecule has 59 heavy (non-hydrogen) atoms. The highest BCUT2D eigenvalue weighted by atomic mass is 16.3. The minimum absolute atomic E-state index is 0.872. The summed E-state index contributed by atoms with van der Waals surface area (Å²) in [6, 6.07) is 78.6. The molecule has 12 rings (SSSR count). The van der Waals surface area contributed by atoms with Gasteiger partial charge in [-0.1, -0.05) is 152 Å². The van der Waals surface area contributed by atoms with Gasteiger partial charge in [-0.05, 0) is 111 Å². The third-order valence-electron chi connectivity index (χ3n) is 11.9. The van der Waals surface area contributed by atoms with Gasteiger partial charge in [-0.2, -0.15) is 0 Å². The fourth-order valence-electron chi connectivity index (χ4n) is 9.11. The highest BCUT2D eigenvalue weighted by Gasteiger charge is 2.20. The number of hydrogen-bond acceptors (Lipinski definition) is 1.